The van der Waals surface area contributed by atoms with Gasteiger partial charge in [0.2, 0.25) is 5.91 Å². The molecule has 5 heterocycles. The van der Waals surface area contributed by atoms with Gasteiger partial charge in [-0.2, -0.15) is 5.10 Å². The van der Waals surface area contributed by atoms with E-state index in [9.17, 15) is 9.18 Å². The summed E-state index contributed by atoms with van der Waals surface area (Å²) in [5, 5.41) is 10.6. The molecule has 1 unspecified atom stereocenters. The fourth-order valence-corrected chi connectivity index (χ4v) is 5.87. The van der Waals surface area contributed by atoms with E-state index < -0.39 is 5.82 Å². The van der Waals surface area contributed by atoms with Gasteiger partial charge in [-0.15, -0.1) is 0 Å². The van der Waals surface area contributed by atoms with Gasteiger partial charge in [0.15, 0.2) is 11.5 Å². The van der Waals surface area contributed by atoms with Gasteiger partial charge in [-0.3, -0.25) is 18.8 Å². The van der Waals surface area contributed by atoms with E-state index in [1.165, 1.54) is 41.8 Å². The zero-order valence-corrected chi connectivity index (χ0v) is 22.5. The molecule has 0 aliphatic carbocycles. The van der Waals surface area contributed by atoms with Crippen LogP contribution in [0.15, 0.2) is 53.5 Å². The highest BCUT2D eigenvalue weighted by molar-refractivity contribution is 7.99. The first kappa shape index (κ1) is 25.5. The van der Waals surface area contributed by atoms with Crippen molar-refractivity contribution in [2.24, 2.45) is 4.40 Å². The number of benzene rings is 1. The standard InChI is InChI=1S/C27H30FN9OS/c1-18-14-37-23(19-12-30-36(15-19)17-24(38)32-22-8-4-3-7-21(22)28)13-29-27(37)26(31-18)33-25-11-20(34-39-25)16-35-9-5-2-6-10-35/h3-4,7-8,12-15,25H,2,5-6,9-11,16-17H2,1H3,(H,31,33)(H,32,38). The minimum atomic E-state index is -0.480. The summed E-state index contributed by atoms with van der Waals surface area (Å²) in [5.41, 5.74) is 4.56. The number of para-hydroxylation sites is 1. The van der Waals surface area contributed by atoms with E-state index in [1.54, 1.807) is 42.7 Å². The number of nitrogens with one attached hydrogen (secondary N) is 2. The molecule has 2 N–H and O–H groups in total. The van der Waals surface area contributed by atoms with Crippen molar-refractivity contribution in [1.82, 2.24) is 29.0 Å². The summed E-state index contributed by atoms with van der Waals surface area (Å²) < 4.78 is 22.1. The Morgan fingerprint density at radius 2 is 2.00 bits per heavy atom. The van der Waals surface area contributed by atoms with E-state index >= 15 is 0 Å². The molecule has 1 aromatic carbocycles. The largest absolute Gasteiger partial charge is 0.353 e. The maximum atomic E-state index is 13.9. The molecular formula is C27H30FN9OS. The SMILES string of the molecule is Cc1cn2c(-c3cnn(CC(=O)Nc4ccccc4F)c3)cnc2c(NC2CC(CN3CCCCC3)=NS2)n1. The number of fused-ring (bicyclic) bond motifs is 1. The van der Waals surface area contributed by atoms with Crippen LogP contribution in [0.3, 0.4) is 0 Å². The number of nitrogens with zero attached hydrogens (tertiary/aromatic N) is 7. The molecule has 6 rings (SSSR count). The van der Waals surface area contributed by atoms with Crippen LogP contribution >= 0.6 is 11.9 Å². The minimum Gasteiger partial charge on any atom is -0.353 e. The number of rotatable bonds is 8. The second-order valence-electron chi connectivity index (χ2n) is 9.96. The van der Waals surface area contributed by atoms with Gasteiger partial charge >= 0.3 is 0 Å². The molecule has 1 atom stereocenters. The van der Waals surface area contributed by atoms with Crippen molar-refractivity contribution in [2.45, 2.75) is 44.5 Å². The lowest BCUT2D eigenvalue weighted by Crippen LogP contribution is -2.34. The van der Waals surface area contributed by atoms with Gasteiger partial charge < -0.3 is 10.6 Å². The number of anilines is 2. The Hall–Kier alpha value is -3.77. The number of carbonyl (C=O) groups is 1. The van der Waals surface area contributed by atoms with Crippen LogP contribution in [0.1, 0.15) is 31.4 Å². The van der Waals surface area contributed by atoms with Gasteiger partial charge in [0.05, 0.1) is 29.5 Å². The Morgan fingerprint density at radius 1 is 1.15 bits per heavy atom. The van der Waals surface area contributed by atoms with Crippen LogP contribution in [-0.4, -0.2) is 65.7 Å². The predicted octanol–water partition coefficient (Wildman–Crippen LogP) is 4.40. The van der Waals surface area contributed by atoms with Gasteiger partial charge in [-0.05, 0) is 56.9 Å². The van der Waals surface area contributed by atoms with Crippen molar-refractivity contribution in [2.75, 3.05) is 30.3 Å². The average Bonchev–Trinajstić information content (AvgIpc) is 3.66. The zero-order valence-electron chi connectivity index (χ0n) is 21.7. The highest BCUT2D eigenvalue weighted by atomic mass is 32.2. The van der Waals surface area contributed by atoms with Gasteiger partial charge in [0.1, 0.15) is 17.7 Å². The second-order valence-corrected chi connectivity index (χ2v) is 10.9. The number of aryl methyl sites for hydroxylation is 1. The summed E-state index contributed by atoms with van der Waals surface area (Å²) in [6.07, 6.45) is 11.9. The van der Waals surface area contributed by atoms with Crippen molar-refractivity contribution < 1.29 is 9.18 Å². The van der Waals surface area contributed by atoms with Crippen LogP contribution < -0.4 is 10.6 Å². The number of amides is 1. The number of piperidine rings is 1. The fraction of sp³-hybridized carbons (Fsp3) is 0.370. The Morgan fingerprint density at radius 3 is 2.85 bits per heavy atom. The van der Waals surface area contributed by atoms with E-state index in [2.05, 4.69) is 25.6 Å². The lowest BCUT2D eigenvalue weighted by Gasteiger charge is -2.26. The molecule has 39 heavy (non-hydrogen) atoms. The maximum Gasteiger partial charge on any atom is 0.246 e. The number of hydrogen-bond acceptors (Lipinski definition) is 8. The van der Waals surface area contributed by atoms with Crippen LogP contribution in [0, 0.1) is 12.7 Å². The molecule has 1 fully saturated rings. The predicted molar refractivity (Wildman–Crippen MR) is 151 cm³/mol. The number of hydrogen-bond donors (Lipinski definition) is 2. The number of likely N-dealkylation sites (tertiary alicyclic amines) is 1. The zero-order chi connectivity index (χ0) is 26.8. The lowest BCUT2D eigenvalue weighted by molar-refractivity contribution is -0.116. The third-order valence-corrected chi connectivity index (χ3v) is 7.78. The molecule has 0 bridgehead atoms. The summed E-state index contributed by atoms with van der Waals surface area (Å²) in [6, 6.07) is 6.07. The molecule has 0 spiro atoms. The van der Waals surface area contributed by atoms with E-state index in [0.717, 1.165) is 43.0 Å². The first-order valence-corrected chi connectivity index (χ1v) is 14.0. The molecule has 0 saturated carbocycles. The van der Waals surface area contributed by atoms with Crippen molar-refractivity contribution in [1.29, 1.82) is 0 Å². The maximum absolute atomic E-state index is 13.9. The molecule has 0 radical (unpaired) electrons. The monoisotopic (exact) mass is 547 g/mol. The third kappa shape index (κ3) is 5.81. The molecule has 10 nitrogen and oxygen atoms in total. The fourth-order valence-electron chi connectivity index (χ4n) is 5.03. The van der Waals surface area contributed by atoms with Crippen LogP contribution in [-0.2, 0) is 11.3 Å². The van der Waals surface area contributed by atoms with Crippen LogP contribution in [0.5, 0.6) is 0 Å². The van der Waals surface area contributed by atoms with Gasteiger partial charge in [-0.1, -0.05) is 18.6 Å². The second kappa shape index (κ2) is 11.1. The van der Waals surface area contributed by atoms with Crippen molar-refractivity contribution in [3.05, 3.63) is 60.6 Å². The molecule has 1 amide bonds. The Balaban J connectivity index is 1.14. The van der Waals surface area contributed by atoms with Gasteiger partial charge in [0.25, 0.3) is 0 Å². The lowest BCUT2D eigenvalue weighted by atomic mass is 10.1. The van der Waals surface area contributed by atoms with E-state index in [0.29, 0.717) is 11.5 Å². The Kier molecular flexibility index (Phi) is 7.29. The van der Waals surface area contributed by atoms with Gasteiger partial charge in [-0.25, -0.2) is 18.8 Å². The average molecular weight is 548 g/mol. The number of halogens is 1. The van der Waals surface area contributed by atoms with Crippen LogP contribution in [0.4, 0.5) is 15.9 Å². The topological polar surface area (TPSA) is 105 Å². The number of imidazole rings is 1. The van der Waals surface area contributed by atoms with Crippen LogP contribution in [0.2, 0.25) is 0 Å². The normalized spacial score (nSPS) is 17.9. The van der Waals surface area contributed by atoms with E-state index in [4.69, 9.17) is 9.38 Å². The van der Waals surface area contributed by atoms with Crippen molar-refractivity contribution in [3.63, 3.8) is 0 Å². The molecule has 4 aromatic rings. The quantitative estimate of drug-likeness (QED) is 0.315. The Labute approximate surface area is 229 Å². The smallest absolute Gasteiger partial charge is 0.246 e. The summed E-state index contributed by atoms with van der Waals surface area (Å²) >= 11 is 1.56. The van der Waals surface area contributed by atoms with E-state index in [-0.39, 0.29) is 23.5 Å². The first-order valence-electron chi connectivity index (χ1n) is 13.1. The minimum absolute atomic E-state index is 0.0445. The van der Waals surface area contributed by atoms with Crippen molar-refractivity contribution in [3.8, 4) is 11.3 Å². The van der Waals surface area contributed by atoms with Crippen LogP contribution in [0.25, 0.3) is 16.9 Å². The number of aromatic nitrogens is 5. The summed E-state index contributed by atoms with van der Waals surface area (Å²) in [6.45, 7) is 5.16. The molecule has 3 aromatic heterocycles. The Bertz CT molecular complexity index is 1520. The molecule has 1 saturated heterocycles. The highest BCUT2D eigenvalue weighted by Crippen LogP contribution is 2.30. The summed E-state index contributed by atoms with van der Waals surface area (Å²) in [7, 11) is 0. The van der Waals surface area contributed by atoms with Crippen molar-refractivity contribution >= 4 is 40.7 Å². The highest BCUT2D eigenvalue weighted by Gasteiger charge is 2.24. The summed E-state index contributed by atoms with van der Waals surface area (Å²) in [5.74, 6) is -0.132. The summed E-state index contributed by atoms with van der Waals surface area (Å²) in [4.78, 5) is 24.3. The van der Waals surface area contributed by atoms with Gasteiger partial charge in [0, 0.05) is 36.6 Å². The molecule has 2 aliphatic rings. The molecule has 2 aliphatic heterocycles. The first-order chi connectivity index (χ1) is 19.0. The number of carbonyl (C=O) groups excluding carboxylic acids is 1. The third-order valence-electron chi connectivity index (χ3n) is 6.88. The molecule has 202 valence electrons. The molecular weight excluding hydrogens is 517 g/mol. The van der Waals surface area contributed by atoms with E-state index in [1.807, 2.05) is 17.5 Å². The molecule has 12 heteroatoms.